The Morgan fingerprint density at radius 3 is 2.43 bits per heavy atom. The summed E-state index contributed by atoms with van der Waals surface area (Å²) in [6.45, 7) is 1.45. The lowest BCUT2D eigenvalue weighted by Crippen LogP contribution is -2.22. The molecule has 1 amide bonds. The predicted molar refractivity (Wildman–Crippen MR) is 108 cm³/mol. The van der Waals surface area contributed by atoms with Crippen molar-refractivity contribution in [1.29, 1.82) is 0 Å². The third-order valence-electron chi connectivity index (χ3n) is 3.91. The molecule has 8 heteroatoms. The molecule has 0 aliphatic heterocycles. The smallest absolute Gasteiger partial charge is 0.248 e. The van der Waals surface area contributed by atoms with E-state index in [1.54, 1.807) is 30.3 Å². The largest absolute Gasteiger partial charge is 0.495 e. The van der Waals surface area contributed by atoms with Crippen LogP contribution in [0.2, 0.25) is 0 Å². The zero-order valence-electron chi connectivity index (χ0n) is 16.1. The molecule has 0 saturated heterocycles. The molecule has 0 aliphatic carbocycles. The summed E-state index contributed by atoms with van der Waals surface area (Å²) < 4.78 is 31.1. The first-order chi connectivity index (χ1) is 13.1. The van der Waals surface area contributed by atoms with Gasteiger partial charge in [-0.05, 0) is 42.8 Å². The van der Waals surface area contributed by atoms with E-state index in [-0.39, 0.29) is 16.4 Å². The monoisotopic (exact) mass is 402 g/mol. The lowest BCUT2D eigenvalue weighted by molar-refractivity contribution is -0.111. The van der Waals surface area contributed by atoms with Crippen LogP contribution in [0.4, 0.5) is 5.69 Å². The van der Waals surface area contributed by atoms with E-state index in [9.17, 15) is 18.0 Å². The SMILES string of the molecule is COc1ccc(/C=C/C(=O)Nc2cccc(C(C)=O)c2)cc1S(=O)(=O)N(C)C. The molecule has 0 saturated carbocycles. The summed E-state index contributed by atoms with van der Waals surface area (Å²) in [6, 6.07) is 11.2. The lowest BCUT2D eigenvalue weighted by Gasteiger charge is -2.15. The van der Waals surface area contributed by atoms with Gasteiger partial charge in [-0.25, -0.2) is 12.7 Å². The van der Waals surface area contributed by atoms with Crippen molar-refractivity contribution in [2.45, 2.75) is 11.8 Å². The average Bonchev–Trinajstić information content (AvgIpc) is 2.66. The Morgan fingerprint density at radius 1 is 1.11 bits per heavy atom. The first kappa shape index (κ1) is 21.3. The van der Waals surface area contributed by atoms with Crippen LogP contribution in [0.3, 0.4) is 0 Å². The van der Waals surface area contributed by atoms with Gasteiger partial charge in [-0.15, -0.1) is 0 Å². The van der Waals surface area contributed by atoms with E-state index in [1.165, 1.54) is 52.4 Å². The first-order valence-electron chi connectivity index (χ1n) is 8.36. The molecule has 0 aromatic heterocycles. The van der Waals surface area contributed by atoms with Gasteiger partial charge in [-0.2, -0.15) is 0 Å². The Hall–Kier alpha value is -2.97. The van der Waals surface area contributed by atoms with Gasteiger partial charge in [-0.3, -0.25) is 9.59 Å². The van der Waals surface area contributed by atoms with Crippen molar-refractivity contribution in [1.82, 2.24) is 4.31 Å². The number of ether oxygens (including phenoxy) is 1. The second-order valence-electron chi connectivity index (χ2n) is 6.16. The van der Waals surface area contributed by atoms with Gasteiger partial charge < -0.3 is 10.1 Å². The van der Waals surface area contributed by atoms with Crippen LogP contribution in [-0.4, -0.2) is 45.6 Å². The summed E-state index contributed by atoms with van der Waals surface area (Å²) in [6.07, 6.45) is 2.78. The van der Waals surface area contributed by atoms with Crippen molar-refractivity contribution < 1.29 is 22.7 Å². The topological polar surface area (TPSA) is 92.8 Å². The van der Waals surface area contributed by atoms with Crippen LogP contribution in [-0.2, 0) is 14.8 Å². The highest BCUT2D eigenvalue weighted by molar-refractivity contribution is 7.89. The summed E-state index contributed by atoms with van der Waals surface area (Å²) >= 11 is 0. The standard InChI is InChI=1S/C20H22N2O5S/c1-14(23)16-6-5-7-17(13-16)21-20(24)11-9-15-8-10-18(27-4)19(12-15)28(25,26)22(2)3/h5-13H,1-4H3,(H,21,24)/b11-9+. The summed E-state index contributed by atoms with van der Waals surface area (Å²) in [5.41, 5.74) is 1.51. The number of methoxy groups -OCH3 is 1. The highest BCUT2D eigenvalue weighted by Gasteiger charge is 2.22. The molecule has 0 radical (unpaired) electrons. The number of amides is 1. The van der Waals surface area contributed by atoms with E-state index in [0.717, 1.165) is 4.31 Å². The number of carbonyl (C=O) groups excluding carboxylic acids is 2. The highest BCUT2D eigenvalue weighted by atomic mass is 32.2. The Balaban J connectivity index is 2.23. The van der Waals surface area contributed by atoms with Gasteiger partial charge in [-0.1, -0.05) is 18.2 Å². The normalized spacial score (nSPS) is 11.6. The number of sulfonamides is 1. The van der Waals surface area contributed by atoms with Gasteiger partial charge in [0.2, 0.25) is 15.9 Å². The Kier molecular flexibility index (Phi) is 6.71. The van der Waals surface area contributed by atoms with Crippen LogP contribution >= 0.6 is 0 Å². The van der Waals surface area contributed by atoms with Crippen LogP contribution in [0.1, 0.15) is 22.8 Å². The zero-order valence-corrected chi connectivity index (χ0v) is 16.9. The quantitative estimate of drug-likeness (QED) is 0.568. The molecule has 0 bridgehead atoms. The number of nitrogens with zero attached hydrogens (tertiary/aromatic N) is 1. The van der Waals surface area contributed by atoms with Gasteiger partial charge in [0.25, 0.3) is 0 Å². The second-order valence-corrected chi connectivity index (χ2v) is 8.28. The van der Waals surface area contributed by atoms with Gasteiger partial charge in [0.15, 0.2) is 5.78 Å². The molecule has 0 heterocycles. The van der Waals surface area contributed by atoms with Crippen LogP contribution in [0.15, 0.2) is 53.4 Å². The second kappa shape index (κ2) is 8.81. The maximum absolute atomic E-state index is 12.4. The highest BCUT2D eigenvalue weighted by Crippen LogP contribution is 2.27. The van der Waals surface area contributed by atoms with Gasteiger partial charge in [0.1, 0.15) is 10.6 Å². The van der Waals surface area contributed by atoms with E-state index >= 15 is 0 Å². The van der Waals surface area contributed by atoms with Crippen molar-refractivity contribution in [2.24, 2.45) is 0 Å². The molecule has 7 nitrogen and oxygen atoms in total. The summed E-state index contributed by atoms with van der Waals surface area (Å²) in [5.74, 6) is -0.288. The van der Waals surface area contributed by atoms with Crippen LogP contribution in [0.25, 0.3) is 6.08 Å². The van der Waals surface area contributed by atoms with E-state index in [2.05, 4.69) is 5.32 Å². The van der Waals surface area contributed by atoms with E-state index < -0.39 is 15.9 Å². The van der Waals surface area contributed by atoms with Crippen LogP contribution in [0.5, 0.6) is 5.75 Å². The Labute approximate surface area is 164 Å². The molecule has 1 N–H and O–H groups in total. The minimum Gasteiger partial charge on any atom is -0.495 e. The average molecular weight is 402 g/mol. The van der Waals surface area contributed by atoms with Crippen molar-refractivity contribution >= 4 is 33.5 Å². The summed E-state index contributed by atoms with van der Waals surface area (Å²) in [4.78, 5) is 23.6. The molecule has 0 atom stereocenters. The van der Waals surface area contributed by atoms with Gasteiger partial charge >= 0.3 is 0 Å². The molecule has 2 aromatic carbocycles. The van der Waals surface area contributed by atoms with Crippen molar-refractivity contribution in [3.05, 3.63) is 59.7 Å². The van der Waals surface area contributed by atoms with Crippen LogP contribution in [0, 0.1) is 0 Å². The molecule has 2 rings (SSSR count). The van der Waals surface area contributed by atoms with E-state index in [0.29, 0.717) is 16.8 Å². The molecule has 28 heavy (non-hydrogen) atoms. The molecular weight excluding hydrogens is 380 g/mol. The fourth-order valence-corrected chi connectivity index (χ4v) is 3.45. The molecule has 0 aliphatic rings. The lowest BCUT2D eigenvalue weighted by atomic mass is 10.1. The summed E-state index contributed by atoms with van der Waals surface area (Å²) in [5, 5.41) is 2.66. The van der Waals surface area contributed by atoms with Crippen molar-refractivity contribution in [3.8, 4) is 5.75 Å². The Morgan fingerprint density at radius 2 is 1.82 bits per heavy atom. The maximum atomic E-state index is 12.4. The number of carbonyl (C=O) groups is 2. The molecule has 0 fully saturated rings. The third-order valence-corrected chi connectivity index (χ3v) is 5.75. The predicted octanol–water partition coefficient (Wildman–Crippen LogP) is 2.80. The molecule has 0 spiro atoms. The number of anilines is 1. The van der Waals surface area contributed by atoms with Crippen molar-refractivity contribution in [3.63, 3.8) is 0 Å². The fourth-order valence-electron chi connectivity index (χ4n) is 2.37. The van der Waals surface area contributed by atoms with Gasteiger partial charge in [0, 0.05) is 31.4 Å². The summed E-state index contributed by atoms with van der Waals surface area (Å²) in [7, 11) is 0.552. The molecule has 148 valence electrons. The number of nitrogens with one attached hydrogen (secondary N) is 1. The van der Waals surface area contributed by atoms with Crippen molar-refractivity contribution in [2.75, 3.05) is 26.5 Å². The van der Waals surface area contributed by atoms with E-state index in [4.69, 9.17) is 4.74 Å². The number of hydrogen-bond donors (Lipinski definition) is 1. The number of ketones is 1. The van der Waals surface area contributed by atoms with Gasteiger partial charge in [0.05, 0.1) is 7.11 Å². The minimum atomic E-state index is -3.70. The molecule has 0 unspecified atom stereocenters. The number of hydrogen-bond acceptors (Lipinski definition) is 5. The van der Waals surface area contributed by atoms with E-state index in [1.807, 2.05) is 0 Å². The third kappa shape index (κ3) is 5.05. The maximum Gasteiger partial charge on any atom is 0.248 e. The fraction of sp³-hybridized carbons (Fsp3) is 0.200. The first-order valence-corrected chi connectivity index (χ1v) is 9.80. The minimum absolute atomic E-state index is 0.0108. The van der Waals surface area contributed by atoms with Crippen LogP contribution < -0.4 is 10.1 Å². The molecule has 2 aromatic rings. The molecular formula is C20H22N2O5S. The number of Topliss-reactive ketones (excluding diaryl/α,β-unsaturated/α-hetero) is 1. The Bertz CT molecular complexity index is 1030. The number of benzene rings is 2. The zero-order chi connectivity index (χ0) is 20.9. The number of rotatable bonds is 7.